The Labute approximate surface area is 202 Å². The van der Waals surface area contributed by atoms with Crippen molar-refractivity contribution in [3.8, 4) is 11.5 Å². The maximum Gasteiger partial charge on any atom is 0.247 e. The number of amides is 2. The highest BCUT2D eigenvalue weighted by molar-refractivity contribution is 6.27. The Morgan fingerprint density at radius 2 is 1.85 bits per heavy atom. The van der Waals surface area contributed by atoms with Crippen LogP contribution in [-0.4, -0.2) is 49.4 Å². The van der Waals surface area contributed by atoms with Gasteiger partial charge >= 0.3 is 0 Å². The zero-order valence-corrected chi connectivity index (χ0v) is 20.7. The molecule has 0 heterocycles. The first-order chi connectivity index (χ1) is 16.1. The van der Waals surface area contributed by atoms with Crippen LogP contribution in [0.25, 0.3) is 0 Å². The Bertz CT molecular complexity index is 836. The molecule has 1 N–H and O–H groups in total. The van der Waals surface area contributed by atoms with Gasteiger partial charge in [0.25, 0.3) is 0 Å². The van der Waals surface area contributed by atoms with E-state index in [2.05, 4.69) is 11.4 Å². The van der Waals surface area contributed by atoms with Crippen LogP contribution in [0.5, 0.6) is 11.5 Å². The second-order valence-corrected chi connectivity index (χ2v) is 9.21. The van der Waals surface area contributed by atoms with Gasteiger partial charge in [-0.15, -0.1) is 11.6 Å². The number of hydrogen-bond donors (Lipinski definition) is 1. The summed E-state index contributed by atoms with van der Waals surface area (Å²) in [4.78, 5) is 28.3. The molecule has 2 amide bonds. The number of halogens is 1. The van der Waals surface area contributed by atoms with Gasteiger partial charge in [0.05, 0.1) is 14.2 Å². The van der Waals surface area contributed by atoms with Gasteiger partial charge in [0.1, 0.15) is 11.9 Å². The SMILES string of the molecule is COc1ccc(C(C(=O)NC2CCCCC2)N(CCC2=CCCCC2)C(=O)CCl)cc1OC. The summed E-state index contributed by atoms with van der Waals surface area (Å²) < 4.78 is 10.9. The van der Waals surface area contributed by atoms with Crippen LogP contribution in [0.1, 0.15) is 75.8 Å². The van der Waals surface area contributed by atoms with Gasteiger partial charge in [-0.2, -0.15) is 0 Å². The molecule has 0 saturated heterocycles. The minimum Gasteiger partial charge on any atom is -0.493 e. The van der Waals surface area contributed by atoms with E-state index in [1.54, 1.807) is 31.3 Å². The standard InChI is InChI=1S/C26H37ClN2O4/c1-32-22-14-13-20(17-23(22)33-2)25(26(31)28-21-11-7-4-8-12-21)29(24(30)18-27)16-15-19-9-5-3-6-10-19/h9,13-14,17,21,25H,3-8,10-12,15-16,18H2,1-2H3,(H,28,31). The summed E-state index contributed by atoms with van der Waals surface area (Å²) in [6, 6.07) is 4.77. The molecule has 33 heavy (non-hydrogen) atoms. The Kier molecular flexibility index (Phi) is 9.92. The van der Waals surface area contributed by atoms with Crippen LogP contribution in [0.3, 0.4) is 0 Å². The Hall–Kier alpha value is -2.21. The predicted molar refractivity (Wildman–Crippen MR) is 131 cm³/mol. The molecule has 182 valence electrons. The fraction of sp³-hybridized carbons (Fsp3) is 0.615. The van der Waals surface area contributed by atoms with Crippen LogP contribution in [0.15, 0.2) is 29.8 Å². The van der Waals surface area contributed by atoms with Gasteiger partial charge < -0.3 is 19.7 Å². The molecule has 0 aliphatic heterocycles. The van der Waals surface area contributed by atoms with Gasteiger partial charge in [-0.3, -0.25) is 9.59 Å². The molecule has 2 aliphatic rings. The summed E-state index contributed by atoms with van der Waals surface area (Å²) in [6.45, 7) is 0.453. The van der Waals surface area contributed by atoms with E-state index in [1.165, 1.54) is 24.8 Å². The van der Waals surface area contributed by atoms with Crippen molar-refractivity contribution in [1.29, 1.82) is 0 Å². The van der Waals surface area contributed by atoms with Crippen LogP contribution in [0.4, 0.5) is 0 Å². The van der Waals surface area contributed by atoms with Crippen molar-refractivity contribution in [3.05, 3.63) is 35.4 Å². The molecule has 1 aromatic carbocycles. The molecule has 1 atom stereocenters. The zero-order chi connectivity index (χ0) is 23.6. The number of rotatable bonds is 10. The first-order valence-electron chi connectivity index (χ1n) is 12.1. The fourth-order valence-corrected chi connectivity index (χ4v) is 5.05. The molecular formula is C26H37ClN2O4. The number of carbonyl (C=O) groups is 2. The first-order valence-corrected chi connectivity index (χ1v) is 12.7. The Balaban J connectivity index is 1.91. The quantitative estimate of drug-likeness (QED) is 0.374. The molecule has 0 radical (unpaired) electrons. The molecule has 1 unspecified atom stereocenters. The van der Waals surface area contributed by atoms with Crippen molar-refractivity contribution >= 4 is 23.4 Å². The average molecular weight is 477 g/mol. The first kappa shape index (κ1) is 25.4. The number of ether oxygens (including phenoxy) is 2. The lowest BCUT2D eigenvalue weighted by molar-refractivity contribution is -0.139. The third kappa shape index (κ3) is 6.89. The van der Waals surface area contributed by atoms with Gasteiger partial charge in [-0.1, -0.05) is 37.0 Å². The lowest BCUT2D eigenvalue weighted by Gasteiger charge is -2.33. The van der Waals surface area contributed by atoms with Crippen LogP contribution in [0, 0.1) is 0 Å². The number of hydrogen-bond acceptors (Lipinski definition) is 4. The van der Waals surface area contributed by atoms with Crippen LogP contribution < -0.4 is 14.8 Å². The topological polar surface area (TPSA) is 67.9 Å². The number of alkyl halides is 1. The van der Waals surface area contributed by atoms with E-state index < -0.39 is 6.04 Å². The normalized spacial score (nSPS) is 17.6. The lowest BCUT2D eigenvalue weighted by Crippen LogP contribution is -2.47. The number of nitrogens with zero attached hydrogens (tertiary/aromatic N) is 1. The molecule has 3 rings (SSSR count). The molecule has 1 aromatic rings. The second-order valence-electron chi connectivity index (χ2n) is 8.94. The van der Waals surface area contributed by atoms with E-state index in [9.17, 15) is 9.59 Å². The highest BCUT2D eigenvalue weighted by Gasteiger charge is 2.33. The summed E-state index contributed by atoms with van der Waals surface area (Å²) in [5.41, 5.74) is 2.05. The minimum atomic E-state index is -0.776. The maximum absolute atomic E-state index is 13.6. The molecule has 1 fully saturated rings. The number of allylic oxidation sites excluding steroid dienone is 1. The molecule has 0 bridgehead atoms. The molecule has 0 aromatic heterocycles. The number of nitrogens with one attached hydrogen (secondary N) is 1. The minimum absolute atomic E-state index is 0.142. The van der Waals surface area contributed by atoms with Crippen LogP contribution in [-0.2, 0) is 9.59 Å². The van der Waals surface area contributed by atoms with Crippen molar-refractivity contribution in [2.24, 2.45) is 0 Å². The van der Waals surface area contributed by atoms with Crippen LogP contribution >= 0.6 is 11.6 Å². The van der Waals surface area contributed by atoms with Crippen molar-refractivity contribution in [2.45, 2.75) is 76.3 Å². The third-order valence-electron chi connectivity index (χ3n) is 6.73. The lowest BCUT2D eigenvalue weighted by atomic mass is 9.94. The monoisotopic (exact) mass is 476 g/mol. The smallest absolute Gasteiger partial charge is 0.247 e. The number of benzene rings is 1. The zero-order valence-electron chi connectivity index (χ0n) is 19.9. The van der Waals surface area contributed by atoms with Gasteiger partial charge in [0.2, 0.25) is 11.8 Å². The molecule has 7 heteroatoms. The van der Waals surface area contributed by atoms with Gasteiger partial charge in [-0.25, -0.2) is 0 Å². The van der Waals surface area contributed by atoms with Gasteiger partial charge in [0.15, 0.2) is 11.5 Å². The van der Waals surface area contributed by atoms with Crippen LogP contribution in [0.2, 0.25) is 0 Å². The predicted octanol–water partition coefficient (Wildman–Crippen LogP) is 5.15. The third-order valence-corrected chi connectivity index (χ3v) is 6.96. The average Bonchev–Trinajstić information content (AvgIpc) is 2.86. The summed E-state index contributed by atoms with van der Waals surface area (Å²) in [5, 5.41) is 3.22. The summed E-state index contributed by atoms with van der Waals surface area (Å²) >= 11 is 6.02. The van der Waals surface area contributed by atoms with Crippen molar-refractivity contribution in [3.63, 3.8) is 0 Å². The highest BCUT2D eigenvalue weighted by atomic mass is 35.5. The second kappa shape index (κ2) is 12.9. The highest BCUT2D eigenvalue weighted by Crippen LogP contribution is 2.33. The van der Waals surface area contributed by atoms with E-state index in [1.807, 2.05) is 6.07 Å². The fourth-order valence-electron chi connectivity index (χ4n) is 4.89. The van der Waals surface area contributed by atoms with E-state index in [0.717, 1.165) is 44.9 Å². The van der Waals surface area contributed by atoms with Gasteiger partial charge in [0, 0.05) is 12.6 Å². The molecule has 0 spiro atoms. The Morgan fingerprint density at radius 1 is 1.09 bits per heavy atom. The maximum atomic E-state index is 13.6. The molecule has 6 nitrogen and oxygen atoms in total. The molecule has 2 aliphatic carbocycles. The van der Waals surface area contributed by atoms with Crippen molar-refractivity contribution < 1.29 is 19.1 Å². The summed E-state index contributed by atoms with van der Waals surface area (Å²) in [6.07, 6.45) is 12.9. The van der Waals surface area contributed by atoms with Gasteiger partial charge in [-0.05, 0) is 62.6 Å². The van der Waals surface area contributed by atoms with Crippen molar-refractivity contribution in [1.82, 2.24) is 10.2 Å². The Morgan fingerprint density at radius 3 is 2.48 bits per heavy atom. The van der Waals surface area contributed by atoms with Crippen molar-refractivity contribution in [2.75, 3.05) is 26.6 Å². The molecular weight excluding hydrogens is 440 g/mol. The summed E-state index contributed by atoms with van der Waals surface area (Å²) in [7, 11) is 3.14. The number of carbonyl (C=O) groups excluding carboxylic acids is 2. The molecule has 1 saturated carbocycles. The van der Waals surface area contributed by atoms with E-state index >= 15 is 0 Å². The van der Waals surface area contributed by atoms with E-state index in [0.29, 0.717) is 23.6 Å². The van der Waals surface area contributed by atoms with E-state index in [4.69, 9.17) is 21.1 Å². The van der Waals surface area contributed by atoms with E-state index in [-0.39, 0.29) is 23.7 Å². The number of methoxy groups -OCH3 is 2. The summed E-state index contributed by atoms with van der Waals surface area (Å²) in [5.74, 6) is 0.533. The largest absolute Gasteiger partial charge is 0.493 e.